The molecular weight excluding hydrogens is 501 g/mol. The second kappa shape index (κ2) is 12.1. The van der Waals surface area contributed by atoms with Gasteiger partial charge < -0.3 is 10.1 Å². The molecule has 2 amide bonds. The molecule has 1 aliphatic rings. The number of aliphatic imine (C=N–C) groups is 1. The number of nitrogens with one attached hydrogen (secondary N) is 1. The Labute approximate surface area is 218 Å². The minimum absolute atomic E-state index is 0.0181. The maximum atomic E-state index is 13.4. The molecule has 0 bridgehead atoms. The van der Waals surface area contributed by atoms with E-state index in [1.54, 1.807) is 41.3 Å². The van der Waals surface area contributed by atoms with E-state index in [4.69, 9.17) is 16.3 Å². The smallest absolute Gasteiger partial charge is 0.238 e. The zero-order chi connectivity index (χ0) is 25.5. The first-order valence-corrected chi connectivity index (χ1v) is 12.8. The van der Waals surface area contributed by atoms with Crippen LogP contribution in [0.5, 0.6) is 5.75 Å². The normalized spacial score (nSPS) is 16.8. The van der Waals surface area contributed by atoms with E-state index in [-0.39, 0.29) is 30.6 Å². The lowest BCUT2D eigenvalue weighted by molar-refractivity contribution is -0.129. The van der Waals surface area contributed by atoms with Crippen molar-refractivity contribution in [2.45, 2.75) is 31.6 Å². The summed E-state index contributed by atoms with van der Waals surface area (Å²) >= 11 is 7.20. The number of anilines is 1. The Morgan fingerprint density at radius 1 is 1.11 bits per heavy atom. The lowest BCUT2D eigenvalue weighted by Crippen LogP contribution is -2.44. The van der Waals surface area contributed by atoms with Gasteiger partial charge in [0, 0.05) is 17.1 Å². The van der Waals surface area contributed by atoms with Gasteiger partial charge in [-0.2, -0.15) is 0 Å². The molecule has 0 spiro atoms. The average molecular weight is 526 g/mol. The summed E-state index contributed by atoms with van der Waals surface area (Å²) < 4.78 is 19.0. The molecule has 9 heteroatoms. The van der Waals surface area contributed by atoms with Crippen LogP contribution in [-0.4, -0.2) is 33.7 Å². The molecule has 1 aliphatic heterocycles. The van der Waals surface area contributed by atoms with Gasteiger partial charge in [-0.15, -0.1) is 0 Å². The molecule has 3 aromatic carbocycles. The summed E-state index contributed by atoms with van der Waals surface area (Å²) in [7, 11) is 0. The number of amides is 2. The Hall–Kier alpha value is -3.36. The van der Waals surface area contributed by atoms with E-state index in [9.17, 15) is 14.0 Å². The third-order valence-electron chi connectivity index (χ3n) is 5.33. The molecular formula is C27H25ClFN3O3S. The third-order valence-corrected chi connectivity index (χ3v) is 6.77. The minimum Gasteiger partial charge on any atom is -0.494 e. The van der Waals surface area contributed by atoms with E-state index >= 15 is 0 Å². The quantitative estimate of drug-likeness (QED) is 0.368. The molecule has 1 heterocycles. The summed E-state index contributed by atoms with van der Waals surface area (Å²) in [4.78, 5) is 32.4. The second-order valence-electron chi connectivity index (χ2n) is 8.15. The van der Waals surface area contributed by atoms with Gasteiger partial charge >= 0.3 is 0 Å². The number of ether oxygens (including phenoxy) is 1. The van der Waals surface area contributed by atoms with Crippen LogP contribution in [0.4, 0.5) is 15.8 Å². The van der Waals surface area contributed by atoms with Crippen molar-refractivity contribution in [3.63, 3.8) is 0 Å². The highest BCUT2D eigenvalue weighted by molar-refractivity contribution is 8.15. The second-order valence-corrected chi connectivity index (χ2v) is 9.76. The average Bonchev–Trinajstić information content (AvgIpc) is 2.88. The number of hydrogen-bond donors (Lipinski definition) is 1. The molecule has 4 rings (SSSR count). The number of hydrogen-bond acceptors (Lipinski definition) is 5. The lowest BCUT2D eigenvalue weighted by atomic mass is 10.2. The van der Waals surface area contributed by atoms with Crippen LogP contribution in [0.3, 0.4) is 0 Å². The molecule has 36 heavy (non-hydrogen) atoms. The number of halogens is 2. The molecule has 1 fully saturated rings. The Bertz CT molecular complexity index is 1230. The van der Waals surface area contributed by atoms with E-state index in [1.807, 2.05) is 19.1 Å². The molecule has 3 aromatic rings. The SMILES string of the molecule is CCCOc1ccc(NC(=O)C2CC(=O)N(Cc3ccc(Cl)cc3)C(=Nc3ccc(F)cc3)S2)cc1. The van der Waals surface area contributed by atoms with Crippen molar-refractivity contribution in [3.05, 3.63) is 89.2 Å². The molecule has 0 aromatic heterocycles. The van der Waals surface area contributed by atoms with Crippen molar-refractivity contribution in [2.75, 3.05) is 11.9 Å². The molecule has 1 N–H and O–H groups in total. The summed E-state index contributed by atoms with van der Waals surface area (Å²) in [5.74, 6) is -0.183. The fourth-order valence-corrected chi connectivity index (χ4v) is 4.70. The zero-order valence-corrected chi connectivity index (χ0v) is 21.2. The summed E-state index contributed by atoms with van der Waals surface area (Å²) in [5.41, 5.74) is 1.96. The summed E-state index contributed by atoms with van der Waals surface area (Å²) in [5, 5.41) is 3.17. The van der Waals surface area contributed by atoms with Crippen LogP contribution in [0, 0.1) is 5.82 Å². The van der Waals surface area contributed by atoms with Crippen molar-refractivity contribution in [1.29, 1.82) is 0 Å². The van der Waals surface area contributed by atoms with Crippen molar-refractivity contribution in [3.8, 4) is 5.75 Å². The van der Waals surface area contributed by atoms with Crippen LogP contribution in [-0.2, 0) is 16.1 Å². The van der Waals surface area contributed by atoms with E-state index in [0.29, 0.717) is 28.2 Å². The number of benzene rings is 3. The number of nitrogens with zero attached hydrogens (tertiary/aromatic N) is 2. The highest BCUT2D eigenvalue weighted by Crippen LogP contribution is 2.31. The van der Waals surface area contributed by atoms with E-state index in [0.717, 1.165) is 17.7 Å². The van der Waals surface area contributed by atoms with E-state index < -0.39 is 5.25 Å². The lowest BCUT2D eigenvalue weighted by Gasteiger charge is -2.32. The van der Waals surface area contributed by atoms with Crippen molar-refractivity contribution in [2.24, 2.45) is 4.99 Å². The van der Waals surface area contributed by atoms with Gasteiger partial charge in [0.25, 0.3) is 0 Å². The van der Waals surface area contributed by atoms with Gasteiger partial charge in [-0.05, 0) is 72.6 Å². The molecule has 0 radical (unpaired) electrons. The number of thioether (sulfide) groups is 1. The van der Waals surface area contributed by atoms with Crippen LogP contribution >= 0.6 is 23.4 Å². The van der Waals surface area contributed by atoms with E-state index in [2.05, 4.69) is 10.3 Å². The van der Waals surface area contributed by atoms with Gasteiger partial charge in [0.1, 0.15) is 16.8 Å². The largest absolute Gasteiger partial charge is 0.494 e. The van der Waals surface area contributed by atoms with Gasteiger partial charge in [0.2, 0.25) is 11.8 Å². The Morgan fingerprint density at radius 2 is 1.81 bits per heavy atom. The predicted molar refractivity (Wildman–Crippen MR) is 142 cm³/mol. The molecule has 186 valence electrons. The van der Waals surface area contributed by atoms with Crippen molar-refractivity contribution < 1.29 is 18.7 Å². The van der Waals surface area contributed by atoms with Gasteiger partial charge in [0.05, 0.1) is 18.8 Å². The van der Waals surface area contributed by atoms with Crippen LogP contribution in [0.25, 0.3) is 0 Å². The number of amidine groups is 1. The third kappa shape index (κ3) is 6.86. The zero-order valence-electron chi connectivity index (χ0n) is 19.6. The fraction of sp³-hybridized carbons (Fsp3) is 0.222. The minimum atomic E-state index is -0.672. The summed E-state index contributed by atoms with van der Waals surface area (Å²) in [6, 6.07) is 19.9. The van der Waals surface area contributed by atoms with Crippen LogP contribution < -0.4 is 10.1 Å². The van der Waals surface area contributed by atoms with Gasteiger partial charge in [-0.1, -0.05) is 42.4 Å². The maximum absolute atomic E-state index is 13.4. The van der Waals surface area contributed by atoms with Gasteiger partial charge in [0.15, 0.2) is 5.17 Å². The molecule has 1 atom stereocenters. The molecule has 6 nitrogen and oxygen atoms in total. The molecule has 0 aliphatic carbocycles. The summed E-state index contributed by atoms with van der Waals surface area (Å²) in [6.07, 6.45) is 0.923. The van der Waals surface area contributed by atoms with Crippen LogP contribution in [0.2, 0.25) is 5.02 Å². The van der Waals surface area contributed by atoms with Crippen LogP contribution in [0.15, 0.2) is 77.8 Å². The monoisotopic (exact) mass is 525 g/mol. The molecule has 1 unspecified atom stereocenters. The van der Waals surface area contributed by atoms with E-state index in [1.165, 1.54) is 36.0 Å². The Morgan fingerprint density at radius 3 is 2.47 bits per heavy atom. The molecule has 0 saturated carbocycles. The maximum Gasteiger partial charge on any atom is 0.238 e. The fourth-order valence-electron chi connectivity index (χ4n) is 3.47. The summed E-state index contributed by atoms with van der Waals surface area (Å²) in [6.45, 7) is 2.92. The van der Waals surface area contributed by atoms with Crippen molar-refractivity contribution >= 4 is 51.7 Å². The Balaban J connectivity index is 1.52. The number of carbonyl (C=O) groups excluding carboxylic acids is 2. The first-order valence-electron chi connectivity index (χ1n) is 11.5. The number of rotatable bonds is 8. The Kier molecular flexibility index (Phi) is 8.61. The highest BCUT2D eigenvalue weighted by atomic mass is 35.5. The first kappa shape index (κ1) is 25.7. The topological polar surface area (TPSA) is 71.0 Å². The first-order chi connectivity index (χ1) is 17.4. The van der Waals surface area contributed by atoms with Crippen molar-refractivity contribution in [1.82, 2.24) is 4.90 Å². The predicted octanol–water partition coefficient (Wildman–Crippen LogP) is 6.43. The van der Waals surface area contributed by atoms with Crippen LogP contribution in [0.1, 0.15) is 25.3 Å². The standard InChI is InChI=1S/C27H25ClFN3O3S/c1-2-15-35-23-13-11-21(12-14-23)30-26(34)24-16-25(33)32(17-18-3-5-19(28)6-4-18)27(36-24)31-22-9-7-20(29)8-10-22/h3-14,24H,2,15-17H2,1H3,(H,30,34). The highest BCUT2D eigenvalue weighted by Gasteiger charge is 2.36. The van der Waals surface area contributed by atoms with Gasteiger partial charge in [-0.25, -0.2) is 9.38 Å². The molecule has 1 saturated heterocycles. The van der Waals surface area contributed by atoms with Gasteiger partial charge in [-0.3, -0.25) is 14.5 Å². The number of carbonyl (C=O) groups is 2.